The van der Waals surface area contributed by atoms with Gasteiger partial charge in [-0.05, 0) is 19.3 Å². The maximum Gasteiger partial charge on any atom is 0.0671 e. The van der Waals surface area contributed by atoms with Crippen LogP contribution in [0.2, 0.25) is 0 Å². The lowest BCUT2D eigenvalue weighted by atomic mass is 9.78. The zero-order valence-corrected chi connectivity index (χ0v) is 10.8. The summed E-state index contributed by atoms with van der Waals surface area (Å²) in [5.74, 6) is -0.167. The third kappa shape index (κ3) is 4.52. The van der Waals surface area contributed by atoms with Crippen LogP contribution in [-0.4, -0.2) is 60.1 Å². The molecule has 0 bridgehead atoms. The van der Waals surface area contributed by atoms with Crippen LogP contribution in [0, 0.1) is 11.3 Å². The molecule has 0 fully saturated rings. The zero-order valence-electron chi connectivity index (χ0n) is 10.8. The Morgan fingerprint density at radius 2 is 1.53 bits per heavy atom. The molecule has 4 N–H and O–H groups in total. The molecule has 0 saturated carbocycles. The van der Waals surface area contributed by atoms with Crippen molar-refractivity contribution in [3.8, 4) is 0 Å². The molecule has 5 nitrogen and oxygen atoms in total. The van der Waals surface area contributed by atoms with E-state index in [-0.39, 0.29) is 38.4 Å². The van der Waals surface area contributed by atoms with Crippen LogP contribution in [0.4, 0.5) is 0 Å². The summed E-state index contributed by atoms with van der Waals surface area (Å²) in [4.78, 5) is 0. The van der Waals surface area contributed by atoms with Crippen molar-refractivity contribution in [2.45, 2.75) is 32.3 Å². The van der Waals surface area contributed by atoms with Gasteiger partial charge in [0, 0.05) is 31.7 Å². The van der Waals surface area contributed by atoms with Gasteiger partial charge in [-0.25, -0.2) is 0 Å². The van der Waals surface area contributed by atoms with E-state index < -0.39 is 5.41 Å². The molecule has 0 amide bonds. The van der Waals surface area contributed by atoms with E-state index in [9.17, 15) is 10.2 Å². The summed E-state index contributed by atoms with van der Waals surface area (Å²) < 4.78 is 5.34. The van der Waals surface area contributed by atoms with Gasteiger partial charge in [0.2, 0.25) is 0 Å². The second-order valence-corrected chi connectivity index (χ2v) is 4.57. The number of rotatable bonds is 10. The van der Waals surface area contributed by atoms with Crippen molar-refractivity contribution < 1.29 is 25.2 Å². The predicted octanol–water partition coefficient (Wildman–Crippen LogP) is -0.237. The Labute approximate surface area is 103 Å². The van der Waals surface area contributed by atoms with Crippen molar-refractivity contribution in [1.82, 2.24) is 0 Å². The molecule has 0 aromatic carbocycles. The Balaban J connectivity index is 4.48. The zero-order chi connectivity index (χ0) is 13.3. The van der Waals surface area contributed by atoms with Crippen LogP contribution in [0.1, 0.15) is 26.2 Å². The largest absolute Gasteiger partial charge is 0.396 e. The molecule has 17 heavy (non-hydrogen) atoms. The topological polar surface area (TPSA) is 90.2 Å². The van der Waals surface area contributed by atoms with Crippen LogP contribution in [0.5, 0.6) is 0 Å². The average molecular weight is 250 g/mol. The van der Waals surface area contributed by atoms with E-state index in [0.29, 0.717) is 19.3 Å². The molecule has 0 spiro atoms. The normalized spacial score (nSPS) is 14.3. The monoisotopic (exact) mass is 250 g/mol. The Hall–Kier alpha value is -0.200. The maximum absolute atomic E-state index is 9.42. The molecule has 1 atom stereocenters. The standard InChI is InChI=1S/C12H26O5/c1-3-12(8-15,9-16)11(17-2)5-4-10(6-13)7-14/h10-11,13-16H,3-9H2,1-2H3. The molecule has 0 aromatic heterocycles. The smallest absolute Gasteiger partial charge is 0.0671 e. The molecule has 5 heteroatoms. The van der Waals surface area contributed by atoms with Gasteiger partial charge in [0.25, 0.3) is 0 Å². The Morgan fingerprint density at radius 3 is 1.82 bits per heavy atom. The second kappa shape index (κ2) is 8.83. The molecule has 0 aromatic rings. The fourth-order valence-corrected chi connectivity index (χ4v) is 2.01. The molecule has 0 aliphatic heterocycles. The van der Waals surface area contributed by atoms with Gasteiger partial charge in [0.05, 0.1) is 19.3 Å². The summed E-state index contributed by atoms with van der Waals surface area (Å²) >= 11 is 0. The molecule has 0 heterocycles. The highest BCUT2D eigenvalue weighted by atomic mass is 16.5. The SMILES string of the molecule is CCC(CO)(CO)C(CCC(CO)CO)OC. The van der Waals surface area contributed by atoms with Crippen LogP contribution < -0.4 is 0 Å². The second-order valence-electron chi connectivity index (χ2n) is 4.57. The van der Waals surface area contributed by atoms with E-state index in [1.807, 2.05) is 6.92 Å². The molecule has 0 rings (SSSR count). The summed E-state index contributed by atoms with van der Waals surface area (Å²) in [6.07, 6.45) is 1.54. The Bertz CT molecular complexity index is 169. The van der Waals surface area contributed by atoms with Crippen molar-refractivity contribution in [2.24, 2.45) is 11.3 Å². The molecule has 0 saturated heterocycles. The Morgan fingerprint density at radius 1 is 1.00 bits per heavy atom. The van der Waals surface area contributed by atoms with Gasteiger partial charge in [-0.3, -0.25) is 0 Å². The number of methoxy groups -OCH3 is 1. The van der Waals surface area contributed by atoms with Gasteiger partial charge >= 0.3 is 0 Å². The van der Waals surface area contributed by atoms with Crippen LogP contribution in [0.3, 0.4) is 0 Å². The average Bonchev–Trinajstić information content (AvgIpc) is 2.39. The molecular weight excluding hydrogens is 224 g/mol. The van der Waals surface area contributed by atoms with Gasteiger partial charge in [-0.2, -0.15) is 0 Å². The number of aliphatic hydroxyl groups is 4. The maximum atomic E-state index is 9.42. The summed E-state index contributed by atoms with van der Waals surface area (Å²) in [5.41, 5.74) is -0.649. The minimum absolute atomic E-state index is 0.0652. The van der Waals surface area contributed by atoms with Crippen LogP contribution >= 0.6 is 0 Å². The number of hydrogen-bond acceptors (Lipinski definition) is 5. The summed E-state index contributed by atoms with van der Waals surface area (Å²) in [7, 11) is 1.55. The van der Waals surface area contributed by atoms with Gasteiger partial charge < -0.3 is 25.2 Å². The first-order chi connectivity index (χ1) is 8.13. The summed E-state index contributed by atoms with van der Waals surface area (Å²) in [6, 6.07) is 0. The highest BCUT2D eigenvalue weighted by Gasteiger charge is 2.36. The molecule has 1 unspecified atom stereocenters. The van der Waals surface area contributed by atoms with Crippen molar-refractivity contribution >= 4 is 0 Å². The minimum atomic E-state index is -0.649. The van der Waals surface area contributed by atoms with Gasteiger partial charge in [0.1, 0.15) is 0 Å². The van der Waals surface area contributed by atoms with E-state index in [0.717, 1.165) is 0 Å². The van der Waals surface area contributed by atoms with Gasteiger partial charge in [-0.15, -0.1) is 0 Å². The number of aliphatic hydroxyl groups excluding tert-OH is 4. The number of hydrogen-bond donors (Lipinski definition) is 4. The molecule has 0 aliphatic carbocycles. The lowest BCUT2D eigenvalue weighted by molar-refractivity contribution is -0.0822. The van der Waals surface area contributed by atoms with Crippen LogP contribution in [0.15, 0.2) is 0 Å². The molecular formula is C12H26O5. The fourth-order valence-electron chi connectivity index (χ4n) is 2.01. The quantitative estimate of drug-likeness (QED) is 0.430. The van der Waals surface area contributed by atoms with E-state index in [1.165, 1.54) is 0 Å². The first kappa shape index (κ1) is 16.8. The number of ether oxygens (including phenoxy) is 1. The summed E-state index contributed by atoms with van der Waals surface area (Å²) in [6.45, 7) is 1.49. The first-order valence-electron chi connectivity index (χ1n) is 6.10. The highest BCUT2D eigenvalue weighted by molar-refractivity contribution is 4.86. The van der Waals surface area contributed by atoms with E-state index in [4.69, 9.17) is 14.9 Å². The third-order valence-electron chi connectivity index (χ3n) is 3.65. The van der Waals surface area contributed by atoms with Crippen molar-refractivity contribution in [2.75, 3.05) is 33.5 Å². The predicted molar refractivity (Wildman–Crippen MR) is 64.6 cm³/mol. The lowest BCUT2D eigenvalue weighted by Crippen LogP contribution is -2.43. The molecule has 0 aliphatic rings. The van der Waals surface area contributed by atoms with E-state index in [2.05, 4.69) is 0 Å². The summed E-state index contributed by atoms with van der Waals surface area (Å²) in [5, 5.41) is 36.8. The first-order valence-corrected chi connectivity index (χ1v) is 6.10. The van der Waals surface area contributed by atoms with Crippen LogP contribution in [-0.2, 0) is 4.74 Å². The minimum Gasteiger partial charge on any atom is -0.396 e. The fraction of sp³-hybridized carbons (Fsp3) is 1.00. The lowest BCUT2D eigenvalue weighted by Gasteiger charge is -2.36. The van der Waals surface area contributed by atoms with Crippen molar-refractivity contribution in [1.29, 1.82) is 0 Å². The van der Waals surface area contributed by atoms with Crippen molar-refractivity contribution in [3.05, 3.63) is 0 Å². The van der Waals surface area contributed by atoms with Crippen molar-refractivity contribution in [3.63, 3.8) is 0 Å². The molecule has 104 valence electrons. The van der Waals surface area contributed by atoms with Gasteiger partial charge in [-0.1, -0.05) is 6.92 Å². The van der Waals surface area contributed by atoms with E-state index in [1.54, 1.807) is 7.11 Å². The highest BCUT2D eigenvalue weighted by Crippen LogP contribution is 2.31. The Kier molecular flexibility index (Phi) is 8.72. The third-order valence-corrected chi connectivity index (χ3v) is 3.65. The molecule has 0 radical (unpaired) electrons. The van der Waals surface area contributed by atoms with Gasteiger partial charge in [0.15, 0.2) is 0 Å². The van der Waals surface area contributed by atoms with E-state index >= 15 is 0 Å². The van der Waals surface area contributed by atoms with Crippen LogP contribution in [0.25, 0.3) is 0 Å².